The van der Waals surface area contributed by atoms with Gasteiger partial charge >= 0.3 is 0 Å². The smallest absolute Gasteiger partial charge is 0.268 e. The van der Waals surface area contributed by atoms with Gasteiger partial charge in [-0.2, -0.15) is 0 Å². The van der Waals surface area contributed by atoms with Crippen LogP contribution in [0.1, 0.15) is 23.6 Å². The van der Waals surface area contributed by atoms with E-state index in [4.69, 9.17) is 9.47 Å². The molecule has 0 aliphatic carbocycles. The van der Waals surface area contributed by atoms with Gasteiger partial charge in [0, 0.05) is 13.2 Å². The Hall–Kier alpha value is -2.58. The first-order valence-electron chi connectivity index (χ1n) is 9.62. The molecule has 0 aliphatic heterocycles. The molecule has 0 spiro atoms. The van der Waals surface area contributed by atoms with Crippen molar-refractivity contribution >= 4 is 21.6 Å². The molecule has 7 nitrogen and oxygen atoms in total. The Morgan fingerprint density at radius 1 is 1.03 bits per heavy atom. The van der Waals surface area contributed by atoms with Gasteiger partial charge in [0.25, 0.3) is 10.0 Å². The largest absolute Gasteiger partial charge is 0.495 e. The van der Waals surface area contributed by atoms with Crippen molar-refractivity contribution in [3.63, 3.8) is 0 Å². The Balaban J connectivity index is 2.55. The van der Waals surface area contributed by atoms with Crippen LogP contribution in [-0.4, -0.2) is 47.7 Å². The lowest BCUT2D eigenvalue weighted by molar-refractivity contribution is -0.120. The average Bonchev–Trinajstić information content (AvgIpc) is 2.65. The summed E-state index contributed by atoms with van der Waals surface area (Å²) in [5.74, 6) is -0.197. The maximum absolute atomic E-state index is 13.7. The van der Waals surface area contributed by atoms with Gasteiger partial charge in [0.15, 0.2) is 0 Å². The topological polar surface area (TPSA) is 84.9 Å². The van der Waals surface area contributed by atoms with Crippen molar-refractivity contribution in [3.05, 3.63) is 53.1 Å². The van der Waals surface area contributed by atoms with Crippen molar-refractivity contribution < 1.29 is 22.7 Å². The Bertz CT molecular complexity index is 984. The first kappa shape index (κ1) is 23.7. The number of aryl methyl sites for hydroxylation is 3. The number of anilines is 1. The predicted octanol–water partition coefficient (Wildman–Crippen LogP) is 2.97. The SMILES string of the molecule is COC[C@@H](C)NC(=O)CN(c1cc(C)cc(C)c1)S(=O)(=O)c1cc(C)ccc1OC. The second-order valence-corrected chi connectivity index (χ2v) is 9.27. The van der Waals surface area contributed by atoms with Crippen molar-refractivity contribution in [1.29, 1.82) is 0 Å². The number of nitrogens with one attached hydrogen (secondary N) is 1. The summed E-state index contributed by atoms with van der Waals surface area (Å²) in [5, 5.41) is 2.77. The molecule has 0 saturated heterocycles. The molecule has 0 saturated carbocycles. The number of ether oxygens (including phenoxy) is 2. The minimum atomic E-state index is -4.08. The number of carbonyl (C=O) groups excluding carboxylic acids is 1. The molecule has 30 heavy (non-hydrogen) atoms. The molecule has 2 aromatic rings. The molecule has 2 rings (SSSR count). The summed E-state index contributed by atoms with van der Waals surface area (Å²) in [4.78, 5) is 12.7. The van der Waals surface area contributed by atoms with Crippen LogP contribution < -0.4 is 14.4 Å². The Labute approximate surface area is 179 Å². The lowest BCUT2D eigenvalue weighted by Crippen LogP contribution is -2.44. The molecule has 8 heteroatoms. The van der Waals surface area contributed by atoms with Crippen molar-refractivity contribution in [1.82, 2.24) is 5.32 Å². The number of rotatable bonds is 9. The second-order valence-electron chi connectivity index (χ2n) is 7.44. The third-order valence-electron chi connectivity index (χ3n) is 4.49. The molecule has 1 N–H and O–H groups in total. The van der Waals surface area contributed by atoms with Crippen LogP contribution in [0.4, 0.5) is 5.69 Å². The molecule has 2 aromatic carbocycles. The zero-order chi connectivity index (χ0) is 22.5. The van der Waals surface area contributed by atoms with E-state index in [2.05, 4.69) is 5.32 Å². The molecular weight excluding hydrogens is 404 g/mol. The Morgan fingerprint density at radius 3 is 2.23 bits per heavy atom. The van der Waals surface area contributed by atoms with E-state index in [1.807, 2.05) is 19.9 Å². The van der Waals surface area contributed by atoms with Crippen LogP contribution in [0.25, 0.3) is 0 Å². The zero-order valence-electron chi connectivity index (χ0n) is 18.4. The van der Waals surface area contributed by atoms with Gasteiger partial charge in [-0.15, -0.1) is 0 Å². The highest BCUT2D eigenvalue weighted by atomic mass is 32.2. The molecule has 164 valence electrons. The van der Waals surface area contributed by atoms with Crippen molar-refractivity contribution in [2.24, 2.45) is 0 Å². The Morgan fingerprint density at radius 2 is 1.67 bits per heavy atom. The number of nitrogens with zero attached hydrogens (tertiary/aromatic N) is 1. The molecule has 0 heterocycles. The van der Waals surface area contributed by atoms with Crippen LogP contribution in [0.5, 0.6) is 5.75 Å². The molecule has 0 fully saturated rings. The van der Waals surface area contributed by atoms with E-state index in [9.17, 15) is 13.2 Å². The molecule has 1 amide bonds. The van der Waals surface area contributed by atoms with Gasteiger partial charge in [-0.1, -0.05) is 12.1 Å². The van der Waals surface area contributed by atoms with Crippen molar-refractivity contribution in [2.75, 3.05) is 31.7 Å². The Kier molecular flexibility index (Phi) is 7.86. The average molecular weight is 435 g/mol. The van der Waals surface area contributed by atoms with Crippen molar-refractivity contribution in [3.8, 4) is 5.75 Å². The normalized spacial score (nSPS) is 12.3. The standard InChI is InChI=1S/C22H30N2O5S/c1-15-7-8-20(29-6)21(12-15)30(26,27)24(13-22(25)23-18(4)14-28-5)19-10-16(2)9-17(3)11-19/h7-12,18H,13-14H2,1-6H3,(H,23,25)/t18-/m1/s1. The lowest BCUT2D eigenvalue weighted by atomic mass is 10.1. The maximum atomic E-state index is 13.7. The summed E-state index contributed by atoms with van der Waals surface area (Å²) >= 11 is 0. The minimum Gasteiger partial charge on any atom is -0.495 e. The fourth-order valence-corrected chi connectivity index (χ4v) is 4.90. The molecule has 0 unspecified atom stereocenters. The third-order valence-corrected chi connectivity index (χ3v) is 6.29. The fourth-order valence-electron chi connectivity index (χ4n) is 3.26. The van der Waals surface area contributed by atoms with Crippen LogP contribution in [0, 0.1) is 20.8 Å². The predicted molar refractivity (Wildman–Crippen MR) is 118 cm³/mol. The molecule has 0 bridgehead atoms. The van der Waals surface area contributed by atoms with E-state index in [-0.39, 0.29) is 23.2 Å². The first-order valence-corrected chi connectivity index (χ1v) is 11.1. The van der Waals surface area contributed by atoms with Crippen LogP contribution in [0.2, 0.25) is 0 Å². The number of benzene rings is 2. The summed E-state index contributed by atoms with van der Waals surface area (Å²) in [6, 6.07) is 10.1. The summed E-state index contributed by atoms with van der Waals surface area (Å²) in [6.07, 6.45) is 0. The quantitative estimate of drug-likeness (QED) is 0.656. The molecule has 1 atom stereocenters. The van der Waals surface area contributed by atoms with Gasteiger partial charge in [0.05, 0.1) is 19.4 Å². The van der Waals surface area contributed by atoms with E-state index in [1.54, 1.807) is 51.3 Å². The summed E-state index contributed by atoms with van der Waals surface area (Å²) in [5.41, 5.74) is 2.99. The van der Waals surface area contributed by atoms with E-state index in [0.717, 1.165) is 21.0 Å². The van der Waals surface area contributed by atoms with Gasteiger partial charge in [0.2, 0.25) is 5.91 Å². The number of amides is 1. The van der Waals surface area contributed by atoms with Gasteiger partial charge in [0.1, 0.15) is 17.2 Å². The first-order chi connectivity index (χ1) is 14.1. The highest BCUT2D eigenvalue weighted by Gasteiger charge is 2.30. The monoisotopic (exact) mass is 434 g/mol. The highest BCUT2D eigenvalue weighted by molar-refractivity contribution is 7.93. The van der Waals surface area contributed by atoms with E-state index >= 15 is 0 Å². The third kappa shape index (κ3) is 5.73. The number of hydrogen-bond acceptors (Lipinski definition) is 5. The lowest BCUT2D eigenvalue weighted by Gasteiger charge is -2.26. The van der Waals surface area contributed by atoms with Gasteiger partial charge in [-0.25, -0.2) is 8.42 Å². The van der Waals surface area contributed by atoms with Gasteiger partial charge in [-0.05, 0) is 68.7 Å². The molecule has 0 radical (unpaired) electrons. The number of methoxy groups -OCH3 is 2. The number of carbonyl (C=O) groups is 1. The fraction of sp³-hybridized carbons (Fsp3) is 0.409. The molecule has 0 aromatic heterocycles. The zero-order valence-corrected chi connectivity index (χ0v) is 19.2. The van der Waals surface area contributed by atoms with Crippen molar-refractivity contribution in [2.45, 2.75) is 38.6 Å². The highest BCUT2D eigenvalue weighted by Crippen LogP contribution is 2.31. The van der Waals surface area contributed by atoms with E-state index in [0.29, 0.717) is 12.3 Å². The number of sulfonamides is 1. The van der Waals surface area contributed by atoms with Crippen LogP contribution in [0.15, 0.2) is 41.3 Å². The number of hydrogen-bond donors (Lipinski definition) is 1. The maximum Gasteiger partial charge on any atom is 0.268 e. The van der Waals surface area contributed by atoms with E-state index < -0.39 is 15.9 Å². The summed E-state index contributed by atoms with van der Waals surface area (Å²) in [7, 11) is -1.12. The van der Waals surface area contributed by atoms with Gasteiger partial charge < -0.3 is 14.8 Å². The minimum absolute atomic E-state index is 0.0156. The summed E-state index contributed by atoms with van der Waals surface area (Å²) < 4.78 is 38.8. The van der Waals surface area contributed by atoms with Crippen LogP contribution in [-0.2, 0) is 19.6 Å². The second kappa shape index (κ2) is 9.95. The summed E-state index contributed by atoms with van der Waals surface area (Å²) in [6.45, 7) is 7.33. The molecule has 0 aliphatic rings. The van der Waals surface area contributed by atoms with E-state index in [1.165, 1.54) is 7.11 Å². The molecular formula is C22H30N2O5S. The van der Waals surface area contributed by atoms with Crippen LogP contribution >= 0.6 is 0 Å². The van der Waals surface area contributed by atoms with Crippen LogP contribution in [0.3, 0.4) is 0 Å². The van der Waals surface area contributed by atoms with Gasteiger partial charge in [-0.3, -0.25) is 9.10 Å².